The van der Waals surface area contributed by atoms with Crippen molar-refractivity contribution >= 4 is 51.3 Å². The van der Waals surface area contributed by atoms with Crippen LogP contribution in [0.3, 0.4) is 0 Å². The number of ketones is 1. The number of rotatable bonds is 6. The number of ether oxygens (including phenoxy) is 1. The Morgan fingerprint density at radius 3 is 2.80 bits per heavy atom. The van der Waals surface area contributed by atoms with Crippen LogP contribution in [-0.2, 0) is 0 Å². The first-order valence-corrected chi connectivity index (χ1v) is 10.6. The normalized spacial score (nSPS) is 12.9. The zero-order chi connectivity index (χ0) is 21.1. The molecule has 0 fully saturated rings. The topological polar surface area (TPSA) is 93.5 Å². The van der Waals surface area contributed by atoms with Gasteiger partial charge in [-0.1, -0.05) is 29.2 Å². The van der Waals surface area contributed by atoms with Crippen molar-refractivity contribution in [3.8, 4) is 5.75 Å². The molecule has 3 aromatic rings. The van der Waals surface area contributed by atoms with E-state index in [4.69, 9.17) is 4.74 Å². The molecular formula is C20H15FN4O3S2. The average Bonchev–Trinajstić information content (AvgIpc) is 3.20. The van der Waals surface area contributed by atoms with Crippen LogP contribution in [0.5, 0.6) is 5.75 Å². The largest absolute Gasteiger partial charge is 0.497 e. The molecule has 1 amide bonds. The summed E-state index contributed by atoms with van der Waals surface area (Å²) in [4.78, 5) is 28.8. The molecule has 0 saturated carbocycles. The third-order valence-corrected chi connectivity index (χ3v) is 6.31. The van der Waals surface area contributed by atoms with E-state index in [0.29, 0.717) is 37.8 Å². The van der Waals surface area contributed by atoms with Gasteiger partial charge >= 0.3 is 0 Å². The number of hydrogen-bond acceptors (Lipinski definition) is 8. The fraction of sp³-hybridized carbons (Fsp3) is 0.150. The molecule has 0 unspecified atom stereocenters. The molecule has 10 heteroatoms. The number of fused-ring (bicyclic) bond motifs is 1. The van der Waals surface area contributed by atoms with Gasteiger partial charge in [0.05, 0.1) is 13.5 Å². The zero-order valence-corrected chi connectivity index (χ0v) is 17.3. The minimum Gasteiger partial charge on any atom is -0.497 e. The highest BCUT2D eigenvalue weighted by atomic mass is 32.2. The molecule has 0 saturated heterocycles. The third-order valence-electron chi connectivity index (χ3n) is 4.26. The number of amides is 1. The highest BCUT2D eigenvalue weighted by Crippen LogP contribution is 2.31. The van der Waals surface area contributed by atoms with Gasteiger partial charge in [0.1, 0.15) is 17.3 Å². The number of thioether (sulfide) groups is 1. The zero-order valence-electron chi connectivity index (χ0n) is 15.7. The fourth-order valence-electron chi connectivity index (χ4n) is 2.79. The van der Waals surface area contributed by atoms with E-state index >= 15 is 0 Å². The number of carbonyl (C=O) groups is 2. The molecule has 7 nitrogen and oxygen atoms in total. The summed E-state index contributed by atoms with van der Waals surface area (Å²) in [6.45, 7) is 0. The van der Waals surface area contributed by atoms with Gasteiger partial charge in [0.2, 0.25) is 5.13 Å². The van der Waals surface area contributed by atoms with Gasteiger partial charge in [-0.05, 0) is 36.4 Å². The summed E-state index contributed by atoms with van der Waals surface area (Å²) >= 11 is 2.54. The molecule has 152 valence electrons. The lowest BCUT2D eigenvalue weighted by Crippen LogP contribution is -2.15. The summed E-state index contributed by atoms with van der Waals surface area (Å²) in [6, 6.07) is 11.1. The third kappa shape index (κ3) is 4.39. The van der Waals surface area contributed by atoms with Gasteiger partial charge < -0.3 is 4.74 Å². The minimum atomic E-state index is -0.512. The standard InChI is InChI=1S/C20H15FN4O3S2/c1-28-13-7-5-11(6-8-13)18(27)23-19-24-25-20(30-19)29-10-12-9-16(26)14-3-2-4-15(21)17(14)22-12/h2-8H,9-10H2,1H3,(H,23,24,27). The monoisotopic (exact) mass is 442 g/mol. The highest BCUT2D eigenvalue weighted by Gasteiger charge is 2.22. The Morgan fingerprint density at radius 2 is 2.03 bits per heavy atom. The van der Waals surface area contributed by atoms with Crippen molar-refractivity contribution in [3.05, 3.63) is 59.4 Å². The first-order valence-electron chi connectivity index (χ1n) is 8.83. The number of anilines is 1. The van der Waals surface area contributed by atoms with Crippen molar-refractivity contribution in [1.29, 1.82) is 0 Å². The summed E-state index contributed by atoms with van der Waals surface area (Å²) in [6.07, 6.45) is 0.142. The number of nitrogens with one attached hydrogen (secondary N) is 1. The maximum atomic E-state index is 14.0. The summed E-state index contributed by atoms with van der Waals surface area (Å²) in [5.41, 5.74) is 1.44. The Kier molecular flexibility index (Phi) is 5.86. The number of Topliss-reactive ketones (excluding diaryl/α,β-unsaturated/α-hetero) is 1. The summed E-state index contributed by atoms with van der Waals surface area (Å²) in [7, 11) is 1.56. The highest BCUT2D eigenvalue weighted by molar-refractivity contribution is 8.01. The lowest BCUT2D eigenvalue weighted by Gasteiger charge is -2.14. The van der Waals surface area contributed by atoms with Gasteiger partial charge in [-0.25, -0.2) is 4.39 Å². The SMILES string of the molecule is COc1ccc(C(=O)Nc2nnc(SCC3=Nc4c(F)cccc4C(=O)C3)s2)cc1. The number of aromatic nitrogens is 2. The van der Waals surface area contributed by atoms with Gasteiger partial charge in [-0.3, -0.25) is 19.9 Å². The predicted octanol–water partition coefficient (Wildman–Crippen LogP) is 4.39. The second-order valence-electron chi connectivity index (χ2n) is 6.26. The molecule has 0 spiro atoms. The van der Waals surface area contributed by atoms with Crippen molar-refractivity contribution in [2.75, 3.05) is 18.2 Å². The van der Waals surface area contributed by atoms with Crippen molar-refractivity contribution < 1.29 is 18.7 Å². The summed E-state index contributed by atoms with van der Waals surface area (Å²) < 4.78 is 19.6. The molecule has 1 aliphatic heterocycles. The summed E-state index contributed by atoms with van der Waals surface area (Å²) in [5, 5.41) is 11.1. The van der Waals surface area contributed by atoms with E-state index in [0.717, 1.165) is 0 Å². The molecule has 2 heterocycles. The van der Waals surface area contributed by atoms with E-state index in [1.54, 1.807) is 37.4 Å². The molecule has 1 aromatic heterocycles. The smallest absolute Gasteiger partial charge is 0.257 e. The summed E-state index contributed by atoms with van der Waals surface area (Å²) in [5.74, 6) is 0.0652. The van der Waals surface area contributed by atoms with Gasteiger partial charge in [-0.15, -0.1) is 10.2 Å². The van der Waals surface area contributed by atoms with E-state index in [9.17, 15) is 14.0 Å². The molecule has 0 atom stereocenters. The van der Waals surface area contributed by atoms with Crippen LogP contribution in [0.25, 0.3) is 0 Å². The van der Waals surface area contributed by atoms with Crippen molar-refractivity contribution in [2.24, 2.45) is 4.99 Å². The van der Waals surface area contributed by atoms with Crippen molar-refractivity contribution in [1.82, 2.24) is 10.2 Å². The number of benzene rings is 2. The maximum Gasteiger partial charge on any atom is 0.257 e. The molecular weight excluding hydrogens is 427 g/mol. The quantitative estimate of drug-likeness (QED) is 0.450. The molecule has 2 aromatic carbocycles. The number of halogens is 1. The van der Waals surface area contributed by atoms with Crippen LogP contribution in [0.4, 0.5) is 15.2 Å². The van der Waals surface area contributed by atoms with Crippen LogP contribution in [0.2, 0.25) is 0 Å². The second-order valence-corrected chi connectivity index (χ2v) is 8.46. The van der Waals surface area contributed by atoms with Crippen LogP contribution < -0.4 is 10.1 Å². The number of hydrogen-bond donors (Lipinski definition) is 1. The lowest BCUT2D eigenvalue weighted by molar-refractivity contribution is 0.0996. The van der Waals surface area contributed by atoms with Crippen LogP contribution in [0.15, 0.2) is 51.8 Å². The van der Waals surface area contributed by atoms with E-state index < -0.39 is 5.82 Å². The predicted molar refractivity (Wildman–Crippen MR) is 114 cm³/mol. The minimum absolute atomic E-state index is 0.0917. The first-order chi connectivity index (χ1) is 14.5. The Bertz CT molecular complexity index is 1150. The molecule has 1 N–H and O–H groups in total. The molecule has 4 rings (SSSR count). The molecule has 0 radical (unpaired) electrons. The van der Waals surface area contributed by atoms with E-state index in [1.807, 2.05) is 0 Å². The Hall–Kier alpha value is -3.11. The van der Waals surface area contributed by atoms with Crippen LogP contribution >= 0.6 is 23.1 Å². The number of methoxy groups -OCH3 is 1. The van der Waals surface area contributed by atoms with Gasteiger partial charge in [0, 0.05) is 22.6 Å². The molecule has 1 aliphatic rings. The number of nitrogens with zero attached hydrogens (tertiary/aromatic N) is 3. The molecule has 0 bridgehead atoms. The van der Waals surface area contributed by atoms with E-state index in [2.05, 4.69) is 20.5 Å². The Morgan fingerprint density at radius 1 is 1.23 bits per heavy atom. The Labute approximate surface area is 179 Å². The van der Waals surface area contributed by atoms with E-state index in [1.165, 1.54) is 35.2 Å². The molecule has 30 heavy (non-hydrogen) atoms. The maximum absolute atomic E-state index is 14.0. The van der Waals surface area contributed by atoms with Crippen molar-refractivity contribution in [3.63, 3.8) is 0 Å². The van der Waals surface area contributed by atoms with Gasteiger partial charge in [0.15, 0.2) is 10.1 Å². The number of carbonyl (C=O) groups excluding carboxylic acids is 2. The van der Waals surface area contributed by atoms with Crippen LogP contribution in [0.1, 0.15) is 27.1 Å². The number of para-hydroxylation sites is 1. The number of aliphatic imine (C=N–C) groups is 1. The Balaban J connectivity index is 1.38. The lowest BCUT2D eigenvalue weighted by atomic mass is 10.0. The molecule has 0 aliphatic carbocycles. The van der Waals surface area contributed by atoms with Crippen LogP contribution in [0, 0.1) is 5.82 Å². The first kappa shape index (κ1) is 20.2. The van der Waals surface area contributed by atoms with E-state index in [-0.39, 0.29) is 23.8 Å². The second kappa shape index (κ2) is 8.72. The van der Waals surface area contributed by atoms with Crippen LogP contribution in [-0.4, -0.2) is 40.5 Å². The average molecular weight is 442 g/mol. The van der Waals surface area contributed by atoms with Crippen molar-refractivity contribution in [2.45, 2.75) is 10.8 Å². The van der Waals surface area contributed by atoms with Gasteiger partial charge in [0.25, 0.3) is 5.91 Å². The fourth-order valence-corrected chi connectivity index (χ4v) is 4.47. The van der Waals surface area contributed by atoms with Gasteiger partial charge in [-0.2, -0.15) is 0 Å².